The summed E-state index contributed by atoms with van der Waals surface area (Å²) in [6, 6.07) is 6.39. The second-order valence-corrected chi connectivity index (χ2v) is 8.79. The minimum Gasteiger partial charge on any atom is -0.311 e. The molecule has 4 rings (SSSR count). The lowest BCUT2D eigenvalue weighted by atomic mass is 9.93. The van der Waals surface area contributed by atoms with E-state index in [4.69, 9.17) is 0 Å². The molecular weight excluding hydrogens is 330 g/mol. The fraction of sp³-hybridized carbons (Fsp3) is 0.600. The average Bonchev–Trinajstić information content (AvgIpc) is 3.26. The van der Waals surface area contributed by atoms with Crippen molar-refractivity contribution in [3.63, 3.8) is 0 Å². The van der Waals surface area contributed by atoms with Gasteiger partial charge in [0, 0.05) is 28.3 Å². The van der Waals surface area contributed by atoms with Gasteiger partial charge in [0.05, 0.1) is 5.69 Å². The van der Waals surface area contributed by atoms with Crippen LogP contribution in [0.15, 0.2) is 23.0 Å². The minimum absolute atomic E-state index is 0.0250. The molecule has 1 aliphatic heterocycles. The Labute approximate surface area is 153 Å². The predicted octanol–water partition coefficient (Wildman–Crippen LogP) is 4.18. The van der Waals surface area contributed by atoms with E-state index in [9.17, 15) is 4.79 Å². The van der Waals surface area contributed by atoms with Crippen molar-refractivity contribution in [3.05, 3.63) is 49.8 Å². The Balaban J connectivity index is 1.33. The van der Waals surface area contributed by atoms with Gasteiger partial charge in [-0.2, -0.15) is 0 Å². The Bertz CT molecular complexity index is 767. The van der Waals surface area contributed by atoms with Crippen LogP contribution in [0.2, 0.25) is 0 Å². The molecule has 0 aromatic carbocycles. The zero-order chi connectivity index (χ0) is 17.2. The molecule has 1 saturated carbocycles. The van der Waals surface area contributed by atoms with Crippen LogP contribution < -0.4 is 5.56 Å². The van der Waals surface area contributed by atoms with Crippen molar-refractivity contribution in [1.29, 1.82) is 0 Å². The molecule has 4 nitrogen and oxygen atoms in total. The SMILES string of the molecule is Cc1nc(C2CCN(Cc3ccc(C4CCCC4)s3)CC2)cc(=O)[nH]1. The van der Waals surface area contributed by atoms with Gasteiger partial charge in [0.1, 0.15) is 5.82 Å². The number of aromatic amines is 1. The molecule has 0 bridgehead atoms. The summed E-state index contributed by atoms with van der Waals surface area (Å²) in [6.45, 7) is 5.12. The lowest BCUT2D eigenvalue weighted by molar-refractivity contribution is 0.204. The molecule has 0 atom stereocenters. The van der Waals surface area contributed by atoms with Crippen LogP contribution in [0.5, 0.6) is 0 Å². The largest absolute Gasteiger partial charge is 0.311 e. The maximum Gasteiger partial charge on any atom is 0.251 e. The van der Waals surface area contributed by atoms with Gasteiger partial charge in [0.25, 0.3) is 5.56 Å². The third-order valence-electron chi connectivity index (χ3n) is 5.71. The molecule has 2 aromatic rings. The van der Waals surface area contributed by atoms with Crippen molar-refractivity contribution in [2.24, 2.45) is 0 Å². The van der Waals surface area contributed by atoms with Gasteiger partial charge < -0.3 is 4.98 Å². The first kappa shape index (κ1) is 17.0. The Hall–Kier alpha value is -1.46. The Morgan fingerprint density at radius 3 is 2.64 bits per heavy atom. The van der Waals surface area contributed by atoms with Crippen molar-refractivity contribution in [2.75, 3.05) is 13.1 Å². The third kappa shape index (κ3) is 4.04. The van der Waals surface area contributed by atoms with E-state index in [2.05, 4.69) is 27.0 Å². The van der Waals surface area contributed by atoms with Crippen LogP contribution in [0.1, 0.15) is 71.6 Å². The van der Waals surface area contributed by atoms with E-state index < -0.39 is 0 Å². The van der Waals surface area contributed by atoms with Crippen LogP contribution in [0.3, 0.4) is 0 Å². The molecule has 134 valence electrons. The second kappa shape index (κ2) is 7.42. The molecule has 0 radical (unpaired) electrons. The first-order chi connectivity index (χ1) is 12.2. The van der Waals surface area contributed by atoms with Gasteiger partial charge in [0.2, 0.25) is 0 Å². The van der Waals surface area contributed by atoms with Gasteiger partial charge in [-0.25, -0.2) is 4.98 Å². The maximum atomic E-state index is 11.7. The fourth-order valence-corrected chi connectivity index (χ4v) is 5.55. The van der Waals surface area contributed by atoms with Gasteiger partial charge in [-0.05, 0) is 63.7 Å². The number of thiophene rings is 1. The highest BCUT2D eigenvalue weighted by atomic mass is 32.1. The third-order valence-corrected chi connectivity index (χ3v) is 6.94. The lowest BCUT2D eigenvalue weighted by Gasteiger charge is -2.31. The monoisotopic (exact) mass is 357 g/mol. The topological polar surface area (TPSA) is 49.0 Å². The van der Waals surface area contributed by atoms with Gasteiger partial charge >= 0.3 is 0 Å². The number of likely N-dealkylation sites (tertiary alicyclic amines) is 1. The van der Waals surface area contributed by atoms with Crippen LogP contribution in [-0.2, 0) is 6.54 Å². The highest BCUT2D eigenvalue weighted by molar-refractivity contribution is 7.12. The van der Waals surface area contributed by atoms with Crippen molar-refractivity contribution in [3.8, 4) is 0 Å². The zero-order valence-electron chi connectivity index (χ0n) is 15.0. The van der Waals surface area contributed by atoms with Gasteiger partial charge in [-0.15, -0.1) is 11.3 Å². The predicted molar refractivity (Wildman–Crippen MR) is 102 cm³/mol. The summed E-state index contributed by atoms with van der Waals surface area (Å²) < 4.78 is 0. The van der Waals surface area contributed by atoms with Crippen molar-refractivity contribution in [1.82, 2.24) is 14.9 Å². The molecule has 0 unspecified atom stereocenters. The second-order valence-electron chi connectivity index (χ2n) is 7.59. The van der Waals surface area contributed by atoms with Crippen molar-refractivity contribution >= 4 is 11.3 Å². The molecule has 1 saturated heterocycles. The van der Waals surface area contributed by atoms with E-state index in [0.717, 1.165) is 49.9 Å². The molecule has 0 spiro atoms. The summed E-state index contributed by atoms with van der Waals surface area (Å²) in [5, 5.41) is 0. The quantitative estimate of drug-likeness (QED) is 0.893. The summed E-state index contributed by atoms with van der Waals surface area (Å²) in [7, 11) is 0. The first-order valence-corrected chi connectivity index (χ1v) is 10.4. The Morgan fingerprint density at radius 1 is 1.16 bits per heavy atom. The summed E-state index contributed by atoms with van der Waals surface area (Å²) in [5.41, 5.74) is 0.948. The number of nitrogens with one attached hydrogen (secondary N) is 1. The molecule has 25 heavy (non-hydrogen) atoms. The van der Waals surface area contributed by atoms with Gasteiger partial charge in [-0.1, -0.05) is 12.8 Å². The number of rotatable bonds is 4. The normalized spacial score (nSPS) is 20.4. The highest BCUT2D eigenvalue weighted by Gasteiger charge is 2.23. The lowest BCUT2D eigenvalue weighted by Crippen LogP contribution is -2.32. The number of hydrogen-bond donors (Lipinski definition) is 1. The first-order valence-electron chi connectivity index (χ1n) is 9.56. The smallest absolute Gasteiger partial charge is 0.251 e. The summed E-state index contributed by atoms with van der Waals surface area (Å²) in [6.07, 6.45) is 7.76. The van der Waals surface area contributed by atoms with Crippen LogP contribution in [0, 0.1) is 6.92 Å². The maximum absolute atomic E-state index is 11.7. The molecule has 2 aliphatic rings. The molecule has 2 fully saturated rings. The van der Waals surface area contributed by atoms with E-state index in [1.807, 2.05) is 18.3 Å². The highest BCUT2D eigenvalue weighted by Crippen LogP contribution is 2.38. The molecule has 2 aromatic heterocycles. The number of hydrogen-bond acceptors (Lipinski definition) is 4. The molecule has 5 heteroatoms. The van der Waals surface area contributed by atoms with Crippen molar-refractivity contribution < 1.29 is 0 Å². The summed E-state index contributed by atoms with van der Waals surface area (Å²) in [5.74, 6) is 1.98. The van der Waals surface area contributed by atoms with E-state index in [0.29, 0.717) is 5.92 Å². The molecule has 1 aliphatic carbocycles. The zero-order valence-corrected chi connectivity index (χ0v) is 15.8. The van der Waals surface area contributed by atoms with Crippen LogP contribution in [-0.4, -0.2) is 28.0 Å². The van der Waals surface area contributed by atoms with E-state index in [-0.39, 0.29) is 5.56 Å². The van der Waals surface area contributed by atoms with E-state index in [1.54, 1.807) is 10.9 Å². The average molecular weight is 358 g/mol. The van der Waals surface area contributed by atoms with Crippen LogP contribution >= 0.6 is 11.3 Å². The molecule has 1 N–H and O–H groups in total. The number of aryl methyl sites for hydroxylation is 1. The summed E-state index contributed by atoms with van der Waals surface area (Å²) in [4.78, 5) is 24.6. The number of aromatic nitrogens is 2. The minimum atomic E-state index is -0.0250. The van der Waals surface area contributed by atoms with E-state index in [1.165, 1.54) is 30.6 Å². The standard InChI is InChI=1S/C20H27N3OS/c1-14-21-18(12-20(24)22-14)15-8-10-23(11-9-15)13-17-6-7-19(25-17)16-4-2-3-5-16/h6-7,12,15-16H,2-5,8-11,13H2,1H3,(H,21,22,24). The Kier molecular flexibility index (Phi) is 5.04. The van der Waals surface area contributed by atoms with Gasteiger partial charge in [-0.3, -0.25) is 9.69 Å². The molecular formula is C20H27N3OS. The van der Waals surface area contributed by atoms with Crippen molar-refractivity contribution in [2.45, 2.75) is 63.8 Å². The van der Waals surface area contributed by atoms with Gasteiger partial charge in [0.15, 0.2) is 0 Å². The fourth-order valence-electron chi connectivity index (χ4n) is 4.33. The number of nitrogens with zero attached hydrogens (tertiary/aromatic N) is 2. The van der Waals surface area contributed by atoms with E-state index >= 15 is 0 Å². The summed E-state index contributed by atoms with van der Waals surface area (Å²) >= 11 is 2.03. The van der Waals surface area contributed by atoms with Crippen LogP contribution in [0.25, 0.3) is 0 Å². The Morgan fingerprint density at radius 2 is 1.92 bits per heavy atom. The number of piperidine rings is 1. The van der Waals surface area contributed by atoms with Crippen LogP contribution in [0.4, 0.5) is 0 Å². The molecule has 3 heterocycles. The molecule has 0 amide bonds. The number of H-pyrrole nitrogens is 1.